The zero-order valence-corrected chi connectivity index (χ0v) is 12.0. The van der Waals surface area contributed by atoms with Gasteiger partial charge < -0.3 is 9.73 Å². The molecule has 0 aromatic carbocycles. The second kappa shape index (κ2) is 10.1. The summed E-state index contributed by atoms with van der Waals surface area (Å²) in [6.45, 7) is 6.01. The number of hydrogen-bond donors (Lipinski definition) is 1. The second-order valence-electron chi connectivity index (χ2n) is 5.02. The number of nitrogens with one attached hydrogen (secondary N) is 1. The minimum Gasteiger partial charge on any atom is -0.445 e. The summed E-state index contributed by atoms with van der Waals surface area (Å²) in [7, 11) is 0. The Kier molecular flexibility index (Phi) is 8.57. The summed E-state index contributed by atoms with van der Waals surface area (Å²) in [5, 5.41) is 3.37. The number of aromatic nitrogens is 1. The molecule has 1 aromatic rings. The molecule has 0 aliphatic carbocycles. The van der Waals surface area contributed by atoms with Gasteiger partial charge in [0.05, 0.1) is 12.7 Å². The molecule has 104 valence electrons. The maximum atomic E-state index is 5.39. The molecule has 0 spiro atoms. The van der Waals surface area contributed by atoms with E-state index in [4.69, 9.17) is 4.42 Å². The van der Waals surface area contributed by atoms with Gasteiger partial charge in [0.25, 0.3) is 0 Å². The SMILES string of the molecule is CCCCCCCCCCNCc1ncc(C)o1. The smallest absolute Gasteiger partial charge is 0.208 e. The van der Waals surface area contributed by atoms with Crippen LogP contribution < -0.4 is 5.32 Å². The molecule has 3 nitrogen and oxygen atoms in total. The first-order chi connectivity index (χ1) is 8.83. The number of rotatable bonds is 11. The first-order valence-corrected chi connectivity index (χ1v) is 7.45. The Balaban J connectivity index is 1.81. The van der Waals surface area contributed by atoms with E-state index in [1.54, 1.807) is 6.20 Å². The minimum atomic E-state index is 0.754. The maximum absolute atomic E-state index is 5.39. The fourth-order valence-electron chi connectivity index (χ4n) is 2.06. The van der Waals surface area contributed by atoms with Crippen LogP contribution in [-0.2, 0) is 6.54 Å². The second-order valence-corrected chi connectivity index (χ2v) is 5.02. The molecule has 0 amide bonds. The van der Waals surface area contributed by atoms with Crippen molar-refractivity contribution >= 4 is 0 Å². The number of nitrogens with zero attached hydrogens (tertiary/aromatic N) is 1. The Hall–Kier alpha value is -0.830. The van der Waals surface area contributed by atoms with Gasteiger partial charge in [-0.05, 0) is 19.9 Å². The largest absolute Gasteiger partial charge is 0.445 e. The van der Waals surface area contributed by atoms with Gasteiger partial charge in [0.15, 0.2) is 0 Å². The van der Waals surface area contributed by atoms with Crippen molar-refractivity contribution in [2.24, 2.45) is 0 Å². The first-order valence-electron chi connectivity index (χ1n) is 7.45. The van der Waals surface area contributed by atoms with E-state index >= 15 is 0 Å². The molecule has 1 rings (SSSR count). The van der Waals surface area contributed by atoms with Gasteiger partial charge in [0.2, 0.25) is 5.89 Å². The Labute approximate surface area is 111 Å². The summed E-state index contributed by atoms with van der Waals surface area (Å²) in [6.07, 6.45) is 12.7. The van der Waals surface area contributed by atoms with Crippen LogP contribution >= 0.6 is 0 Å². The monoisotopic (exact) mass is 252 g/mol. The predicted molar refractivity (Wildman–Crippen MR) is 75.6 cm³/mol. The molecule has 1 heterocycles. The molecule has 18 heavy (non-hydrogen) atoms. The molecule has 1 N–H and O–H groups in total. The average molecular weight is 252 g/mol. The van der Waals surface area contributed by atoms with E-state index in [0.29, 0.717) is 0 Å². The van der Waals surface area contributed by atoms with Crippen molar-refractivity contribution in [3.05, 3.63) is 17.8 Å². The number of aryl methyl sites for hydroxylation is 1. The molecule has 3 heteroatoms. The van der Waals surface area contributed by atoms with Crippen molar-refractivity contribution < 1.29 is 4.42 Å². The molecule has 0 aliphatic heterocycles. The van der Waals surface area contributed by atoms with Crippen LogP contribution in [0.1, 0.15) is 69.9 Å². The van der Waals surface area contributed by atoms with E-state index in [9.17, 15) is 0 Å². The normalized spacial score (nSPS) is 11.0. The van der Waals surface area contributed by atoms with Gasteiger partial charge in [-0.2, -0.15) is 0 Å². The molecule has 0 saturated carbocycles. The Morgan fingerprint density at radius 2 is 1.72 bits per heavy atom. The number of unbranched alkanes of at least 4 members (excludes halogenated alkanes) is 7. The highest BCUT2D eigenvalue weighted by Crippen LogP contribution is 2.08. The fraction of sp³-hybridized carbons (Fsp3) is 0.800. The van der Waals surface area contributed by atoms with Gasteiger partial charge in [0, 0.05) is 0 Å². The number of hydrogen-bond acceptors (Lipinski definition) is 3. The predicted octanol–water partition coefficient (Wildman–Crippen LogP) is 4.21. The molecule has 0 fully saturated rings. The molecule has 0 atom stereocenters. The van der Waals surface area contributed by atoms with Crippen molar-refractivity contribution in [2.75, 3.05) is 6.54 Å². The number of oxazole rings is 1. The van der Waals surface area contributed by atoms with E-state index in [1.165, 1.54) is 51.4 Å². The van der Waals surface area contributed by atoms with Crippen LogP contribution in [0, 0.1) is 6.92 Å². The lowest BCUT2D eigenvalue weighted by Gasteiger charge is -2.03. The van der Waals surface area contributed by atoms with Crippen LogP contribution in [0.4, 0.5) is 0 Å². The standard InChI is InChI=1S/C15H28N2O/c1-3-4-5-6-7-8-9-10-11-16-13-15-17-12-14(2)18-15/h12,16H,3-11,13H2,1-2H3. The van der Waals surface area contributed by atoms with E-state index < -0.39 is 0 Å². The summed E-state index contributed by atoms with van der Waals surface area (Å²) in [6, 6.07) is 0. The summed E-state index contributed by atoms with van der Waals surface area (Å²) in [5.74, 6) is 1.69. The topological polar surface area (TPSA) is 38.1 Å². The fourth-order valence-corrected chi connectivity index (χ4v) is 2.06. The third-order valence-corrected chi connectivity index (χ3v) is 3.15. The lowest BCUT2D eigenvalue weighted by molar-refractivity contribution is 0.445. The van der Waals surface area contributed by atoms with Gasteiger partial charge in [-0.25, -0.2) is 4.98 Å². The Morgan fingerprint density at radius 3 is 2.33 bits per heavy atom. The molecule has 0 unspecified atom stereocenters. The van der Waals surface area contributed by atoms with Crippen LogP contribution in [0.3, 0.4) is 0 Å². The van der Waals surface area contributed by atoms with E-state index in [2.05, 4.69) is 17.2 Å². The van der Waals surface area contributed by atoms with Crippen LogP contribution in [0.5, 0.6) is 0 Å². The van der Waals surface area contributed by atoms with Crippen molar-refractivity contribution in [1.82, 2.24) is 10.3 Å². The quantitative estimate of drug-likeness (QED) is 0.599. The van der Waals surface area contributed by atoms with Gasteiger partial charge in [-0.3, -0.25) is 0 Å². The Bertz CT molecular complexity index is 296. The molecule has 0 radical (unpaired) electrons. The first kappa shape index (κ1) is 15.2. The minimum absolute atomic E-state index is 0.754. The van der Waals surface area contributed by atoms with Crippen molar-refractivity contribution in [2.45, 2.75) is 71.8 Å². The van der Waals surface area contributed by atoms with E-state index in [-0.39, 0.29) is 0 Å². The van der Waals surface area contributed by atoms with Gasteiger partial charge >= 0.3 is 0 Å². The third-order valence-electron chi connectivity index (χ3n) is 3.15. The lowest BCUT2D eigenvalue weighted by atomic mass is 10.1. The van der Waals surface area contributed by atoms with Crippen LogP contribution in [0.25, 0.3) is 0 Å². The molecular weight excluding hydrogens is 224 g/mol. The van der Waals surface area contributed by atoms with E-state index in [0.717, 1.165) is 24.7 Å². The summed E-state index contributed by atoms with van der Waals surface area (Å²) < 4.78 is 5.39. The van der Waals surface area contributed by atoms with Crippen LogP contribution in [0.15, 0.2) is 10.6 Å². The van der Waals surface area contributed by atoms with Gasteiger partial charge in [-0.15, -0.1) is 0 Å². The lowest BCUT2D eigenvalue weighted by Crippen LogP contribution is -2.14. The highest BCUT2D eigenvalue weighted by molar-refractivity contribution is 4.90. The average Bonchev–Trinajstić information content (AvgIpc) is 2.77. The van der Waals surface area contributed by atoms with Gasteiger partial charge in [-0.1, -0.05) is 51.9 Å². The molecule has 1 aromatic heterocycles. The zero-order valence-electron chi connectivity index (χ0n) is 12.0. The van der Waals surface area contributed by atoms with Crippen LogP contribution in [0.2, 0.25) is 0 Å². The molecular formula is C15H28N2O. The zero-order chi connectivity index (χ0) is 13.1. The summed E-state index contributed by atoms with van der Waals surface area (Å²) >= 11 is 0. The van der Waals surface area contributed by atoms with E-state index in [1.807, 2.05) is 6.92 Å². The maximum Gasteiger partial charge on any atom is 0.208 e. The summed E-state index contributed by atoms with van der Waals surface area (Å²) in [4.78, 5) is 4.16. The molecule has 0 bridgehead atoms. The van der Waals surface area contributed by atoms with Gasteiger partial charge in [0.1, 0.15) is 5.76 Å². The highest BCUT2D eigenvalue weighted by Gasteiger charge is 1.98. The highest BCUT2D eigenvalue weighted by atomic mass is 16.4. The van der Waals surface area contributed by atoms with Crippen molar-refractivity contribution in [3.63, 3.8) is 0 Å². The molecule has 0 aliphatic rings. The van der Waals surface area contributed by atoms with Crippen molar-refractivity contribution in [1.29, 1.82) is 0 Å². The van der Waals surface area contributed by atoms with Crippen molar-refractivity contribution in [3.8, 4) is 0 Å². The third kappa shape index (κ3) is 7.49. The summed E-state index contributed by atoms with van der Waals surface area (Å²) in [5.41, 5.74) is 0. The molecule has 0 saturated heterocycles. The Morgan fingerprint density at radius 1 is 1.06 bits per heavy atom. The van der Waals surface area contributed by atoms with Crippen LogP contribution in [-0.4, -0.2) is 11.5 Å².